The predicted octanol–water partition coefficient (Wildman–Crippen LogP) is 2.17. The number of nitrogens with zero attached hydrogens (tertiary/aromatic N) is 1. The summed E-state index contributed by atoms with van der Waals surface area (Å²) < 4.78 is 1.20. The van der Waals surface area contributed by atoms with Gasteiger partial charge in [0.2, 0.25) is 0 Å². The Morgan fingerprint density at radius 2 is 2.00 bits per heavy atom. The van der Waals surface area contributed by atoms with Gasteiger partial charge in [-0.05, 0) is 12.1 Å². The van der Waals surface area contributed by atoms with Gasteiger partial charge in [0.1, 0.15) is 0 Å². The van der Waals surface area contributed by atoms with E-state index in [1.54, 1.807) is 18.3 Å². The van der Waals surface area contributed by atoms with Crippen molar-refractivity contribution in [1.29, 1.82) is 0 Å². The first-order valence-electron chi connectivity index (χ1n) is 3.58. The Hall–Kier alpha value is -1.77. The second-order valence-corrected chi connectivity index (χ2v) is 2.53. The summed E-state index contributed by atoms with van der Waals surface area (Å²) >= 11 is 0. The Bertz CT molecular complexity index is 431. The third-order valence-electron chi connectivity index (χ3n) is 1.81. The van der Waals surface area contributed by atoms with E-state index in [-0.39, 0.29) is 0 Å². The highest BCUT2D eigenvalue weighted by atomic mass is 16.4. The second kappa shape index (κ2) is 2.37. The minimum absolute atomic E-state index is 0.727. The van der Waals surface area contributed by atoms with Gasteiger partial charge in [-0.15, -0.1) is 0 Å². The quantitative estimate of drug-likeness (QED) is 0.643. The molecule has 0 aliphatic rings. The molecule has 1 aromatic heterocycles. The normalized spacial score (nSPS) is 10.3. The van der Waals surface area contributed by atoms with Gasteiger partial charge in [-0.3, -0.25) is 4.57 Å². The van der Waals surface area contributed by atoms with Gasteiger partial charge in [0, 0.05) is 11.6 Å². The van der Waals surface area contributed by atoms with Gasteiger partial charge < -0.3 is 5.11 Å². The highest BCUT2D eigenvalue weighted by molar-refractivity contribution is 5.88. The fourth-order valence-corrected chi connectivity index (χ4v) is 1.25. The van der Waals surface area contributed by atoms with Crippen molar-refractivity contribution in [3.63, 3.8) is 0 Å². The summed E-state index contributed by atoms with van der Waals surface area (Å²) in [4.78, 5) is 10.6. The highest BCUT2D eigenvalue weighted by Gasteiger charge is 2.04. The molecular weight excluding hydrogens is 154 g/mol. The lowest BCUT2D eigenvalue weighted by molar-refractivity contribution is 0.197. The zero-order chi connectivity index (χ0) is 8.55. The van der Waals surface area contributed by atoms with Crippen molar-refractivity contribution < 1.29 is 9.90 Å². The Morgan fingerprint density at radius 3 is 2.75 bits per heavy atom. The molecule has 0 radical (unpaired) electrons. The number of fused-ring (bicyclic) bond motifs is 1. The van der Waals surface area contributed by atoms with Crippen molar-refractivity contribution in [2.24, 2.45) is 0 Å². The summed E-state index contributed by atoms with van der Waals surface area (Å²) in [6.45, 7) is 0. The van der Waals surface area contributed by atoms with Crippen LogP contribution >= 0.6 is 0 Å². The van der Waals surface area contributed by atoms with Gasteiger partial charge in [-0.25, -0.2) is 4.79 Å². The van der Waals surface area contributed by atoms with E-state index >= 15 is 0 Å². The molecule has 2 aromatic rings. The van der Waals surface area contributed by atoms with Gasteiger partial charge in [-0.2, -0.15) is 0 Å². The Kier molecular flexibility index (Phi) is 1.37. The minimum atomic E-state index is -0.948. The molecule has 1 heterocycles. The van der Waals surface area contributed by atoms with Crippen molar-refractivity contribution in [2.45, 2.75) is 0 Å². The smallest absolute Gasteiger partial charge is 0.415 e. The number of benzene rings is 1. The van der Waals surface area contributed by atoms with Crippen molar-refractivity contribution in [2.75, 3.05) is 0 Å². The van der Waals surface area contributed by atoms with Crippen molar-refractivity contribution in [1.82, 2.24) is 4.57 Å². The fraction of sp³-hybridized carbons (Fsp3) is 0. The molecule has 0 aliphatic heterocycles. The monoisotopic (exact) mass is 161 g/mol. The summed E-state index contributed by atoms with van der Waals surface area (Å²) in [5, 5.41) is 9.68. The maximum absolute atomic E-state index is 10.6. The van der Waals surface area contributed by atoms with Gasteiger partial charge in [0.15, 0.2) is 0 Å². The first kappa shape index (κ1) is 6.91. The van der Waals surface area contributed by atoms with E-state index in [0.717, 1.165) is 10.9 Å². The van der Waals surface area contributed by atoms with Gasteiger partial charge in [0.05, 0.1) is 5.52 Å². The molecule has 0 saturated heterocycles. The number of carboxylic acid groups (broad SMARTS) is 1. The van der Waals surface area contributed by atoms with E-state index in [0.29, 0.717) is 0 Å². The number of aromatic nitrogens is 1. The molecule has 2 rings (SSSR count). The number of para-hydroxylation sites is 1. The number of rotatable bonds is 0. The van der Waals surface area contributed by atoms with Crippen LogP contribution < -0.4 is 0 Å². The summed E-state index contributed by atoms with van der Waals surface area (Å²) in [5.41, 5.74) is 0.727. The second-order valence-electron chi connectivity index (χ2n) is 2.53. The van der Waals surface area contributed by atoms with Crippen LogP contribution in [0.15, 0.2) is 36.5 Å². The lowest BCUT2D eigenvalue weighted by Crippen LogP contribution is -2.05. The van der Waals surface area contributed by atoms with Crippen molar-refractivity contribution in [3.05, 3.63) is 36.5 Å². The van der Waals surface area contributed by atoms with E-state index in [9.17, 15) is 4.79 Å². The van der Waals surface area contributed by atoms with E-state index in [1.807, 2.05) is 18.2 Å². The maximum atomic E-state index is 10.6. The molecule has 0 unspecified atom stereocenters. The van der Waals surface area contributed by atoms with Crippen molar-refractivity contribution in [3.8, 4) is 0 Å². The van der Waals surface area contributed by atoms with Gasteiger partial charge in [-0.1, -0.05) is 18.2 Å². The fourth-order valence-electron chi connectivity index (χ4n) is 1.25. The van der Waals surface area contributed by atoms with Crippen LogP contribution in [0, 0.1) is 0 Å². The SMILES string of the molecule is O=C(O)n1ccc2ccccc21. The predicted molar refractivity (Wildman–Crippen MR) is 45.4 cm³/mol. The molecular formula is C9H7NO2. The molecule has 12 heavy (non-hydrogen) atoms. The molecule has 3 nitrogen and oxygen atoms in total. The summed E-state index contributed by atoms with van der Waals surface area (Å²) in [6.07, 6.45) is 0.601. The zero-order valence-corrected chi connectivity index (χ0v) is 6.27. The first-order chi connectivity index (χ1) is 5.79. The Balaban J connectivity index is 2.79. The van der Waals surface area contributed by atoms with Gasteiger partial charge >= 0.3 is 6.09 Å². The molecule has 0 aliphatic carbocycles. The van der Waals surface area contributed by atoms with Crippen LogP contribution in [0.25, 0.3) is 10.9 Å². The highest BCUT2D eigenvalue weighted by Crippen LogP contribution is 2.14. The summed E-state index contributed by atoms with van der Waals surface area (Å²) in [6, 6.07) is 9.15. The van der Waals surface area contributed by atoms with Gasteiger partial charge in [0.25, 0.3) is 0 Å². The van der Waals surface area contributed by atoms with Crippen LogP contribution in [-0.2, 0) is 0 Å². The summed E-state index contributed by atoms with van der Waals surface area (Å²) in [7, 11) is 0. The number of hydrogen-bond acceptors (Lipinski definition) is 1. The van der Waals surface area contributed by atoms with Crippen LogP contribution in [0.1, 0.15) is 0 Å². The van der Waals surface area contributed by atoms with E-state index in [4.69, 9.17) is 5.11 Å². The zero-order valence-electron chi connectivity index (χ0n) is 6.27. The number of hydrogen-bond donors (Lipinski definition) is 1. The van der Waals surface area contributed by atoms with E-state index < -0.39 is 6.09 Å². The third kappa shape index (κ3) is 0.871. The molecule has 0 atom stereocenters. The topological polar surface area (TPSA) is 42.2 Å². The maximum Gasteiger partial charge on any atom is 0.415 e. The largest absolute Gasteiger partial charge is 0.464 e. The molecule has 0 bridgehead atoms. The molecule has 0 saturated carbocycles. The van der Waals surface area contributed by atoms with Crippen LogP contribution in [0.4, 0.5) is 4.79 Å². The lowest BCUT2D eigenvalue weighted by Gasteiger charge is -1.95. The Labute approximate surface area is 68.9 Å². The molecule has 1 N–H and O–H groups in total. The molecule has 0 amide bonds. The van der Waals surface area contributed by atoms with Crippen LogP contribution in [0.2, 0.25) is 0 Å². The Morgan fingerprint density at radius 1 is 1.25 bits per heavy atom. The van der Waals surface area contributed by atoms with E-state index in [1.165, 1.54) is 4.57 Å². The van der Waals surface area contributed by atoms with Crippen LogP contribution in [0.5, 0.6) is 0 Å². The van der Waals surface area contributed by atoms with E-state index in [2.05, 4.69) is 0 Å². The number of carbonyl (C=O) groups is 1. The average molecular weight is 161 g/mol. The average Bonchev–Trinajstić information content (AvgIpc) is 2.47. The molecule has 3 heteroatoms. The third-order valence-corrected chi connectivity index (χ3v) is 1.81. The summed E-state index contributed by atoms with van der Waals surface area (Å²) in [5.74, 6) is 0. The standard InChI is InChI=1S/C9H7NO2/c11-9(12)10-6-5-7-3-1-2-4-8(7)10/h1-6H,(H,11,12). The van der Waals surface area contributed by atoms with Crippen LogP contribution in [0.3, 0.4) is 0 Å². The van der Waals surface area contributed by atoms with Crippen molar-refractivity contribution >= 4 is 17.0 Å². The molecule has 1 aromatic carbocycles. The first-order valence-corrected chi connectivity index (χ1v) is 3.58. The molecule has 60 valence electrons. The lowest BCUT2D eigenvalue weighted by atomic mass is 10.2. The molecule has 0 fully saturated rings. The minimum Gasteiger partial charge on any atom is -0.464 e. The molecule has 0 spiro atoms. The van der Waals surface area contributed by atoms with Crippen LogP contribution in [-0.4, -0.2) is 15.8 Å².